The van der Waals surface area contributed by atoms with Gasteiger partial charge < -0.3 is 10.1 Å². The van der Waals surface area contributed by atoms with Gasteiger partial charge in [-0.1, -0.05) is 23.9 Å². The summed E-state index contributed by atoms with van der Waals surface area (Å²) < 4.78 is 6.97. The summed E-state index contributed by atoms with van der Waals surface area (Å²) >= 11 is 2.93. The number of ether oxygens (including phenoxy) is 1. The fourth-order valence-electron chi connectivity index (χ4n) is 3.42. The number of nitriles is 1. The summed E-state index contributed by atoms with van der Waals surface area (Å²) in [6, 6.07) is 9.74. The molecule has 0 fully saturated rings. The Hall–Kier alpha value is -2.90. The van der Waals surface area contributed by atoms with Gasteiger partial charge in [0.2, 0.25) is 11.1 Å². The van der Waals surface area contributed by atoms with E-state index in [1.54, 1.807) is 11.8 Å². The van der Waals surface area contributed by atoms with Crippen LogP contribution in [0.1, 0.15) is 35.3 Å². The number of carbonyl (C=O) groups excluding carboxylic acids is 1. The van der Waals surface area contributed by atoms with Crippen LogP contribution in [-0.4, -0.2) is 39.0 Å². The number of thioether (sulfide) groups is 1. The molecule has 0 aliphatic heterocycles. The molecule has 0 unspecified atom stereocenters. The van der Waals surface area contributed by atoms with E-state index >= 15 is 0 Å². The predicted molar refractivity (Wildman–Crippen MR) is 115 cm³/mol. The maximum absolute atomic E-state index is 12.5. The number of anilines is 1. The van der Waals surface area contributed by atoms with E-state index in [2.05, 4.69) is 26.9 Å². The molecule has 2 aromatic heterocycles. The van der Waals surface area contributed by atoms with Crippen LogP contribution in [0.5, 0.6) is 5.75 Å². The normalized spacial score (nSPS) is 12.8. The molecule has 10 heteroatoms. The lowest BCUT2D eigenvalue weighted by Gasteiger charge is -2.09. The van der Waals surface area contributed by atoms with E-state index in [9.17, 15) is 10.1 Å². The van der Waals surface area contributed by atoms with Crippen molar-refractivity contribution in [2.24, 2.45) is 0 Å². The molecule has 1 aliphatic carbocycles. The number of thiophene rings is 1. The lowest BCUT2D eigenvalue weighted by Crippen LogP contribution is -2.12. The molecular formula is C20H20N6O2S2. The van der Waals surface area contributed by atoms with Crippen LogP contribution in [-0.2, 0) is 17.6 Å². The van der Waals surface area contributed by atoms with E-state index in [1.165, 1.54) is 28.0 Å². The highest BCUT2D eigenvalue weighted by molar-refractivity contribution is 7.99. The van der Waals surface area contributed by atoms with Crippen LogP contribution in [0.4, 0.5) is 5.00 Å². The second kappa shape index (κ2) is 9.28. The zero-order valence-corrected chi connectivity index (χ0v) is 18.1. The van der Waals surface area contributed by atoms with E-state index in [4.69, 9.17) is 4.74 Å². The summed E-state index contributed by atoms with van der Waals surface area (Å²) in [4.78, 5) is 13.7. The Morgan fingerprint density at radius 3 is 3.03 bits per heavy atom. The Labute approximate surface area is 182 Å². The monoisotopic (exact) mass is 440 g/mol. The Kier molecular flexibility index (Phi) is 6.30. The van der Waals surface area contributed by atoms with Crippen molar-refractivity contribution < 1.29 is 9.53 Å². The first kappa shape index (κ1) is 20.4. The Morgan fingerprint density at radius 2 is 2.20 bits per heavy atom. The van der Waals surface area contributed by atoms with Gasteiger partial charge in [0.1, 0.15) is 22.5 Å². The number of para-hydroxylation sites is 2. The lowest BCUT2D eigenvalue weighted by molar-refractivity contribution is -0.115. The largest absolute Gasteiger partial charge is 0.494 e. The van der Waals surface area contributed by atoms with E-state index in [0.717, 1.165) is 36.9 Å². The molecule has 0 atom stereocenters. The maximum Gasteiger partial charge on any atom is 0.225 e. The van der Waals surface area contributed by atoms with Crippen molar-refractivity contribution in [3.05, 3.63) is 40.3 Å². The van der Waals surface area contributed by atoms with E-state index in [-0.39, 0.29) is 12.3 Å². The van der Waals surface area contributed by atoms with Crippen LogP contribution in [0.25, 0.3) is 5.69 Å². The summed E-state index contributed by atoms with van der Waals surface area (Å²) in [6.45, 7) is 0. The fraction of sp³-hybridized carbons (Fsp3) is 0.350. The third-order valence-corrected chi connectivity index (χ3v) is 6.98. The van der Waals surface area contributed by atoms with Crippen molar-refractivity contribution in [2.45, 2.75) is 37.3 Å². The van der Waals surface area contributed by atoms with Gasteiger partial charge in [-0.3, -0.25) is 4.79 Å². The molecule has 0 saturated heterocycles. The molecule has 30 heavy (non-hydrogen) atoms. The number of aromatic nitrogens is 4. The highest BCUT2D eigenvalue weighted by Crippen LogP contribution is 2.37. The summed E-state index contributed by atoms with van der Waals surface area (Å²) in [5, 5.41) is 25.6. The molecule has 0 saturated carbocycles. The number of nitrogens with one attached hydrogen (secondary N) is 1. The standard InChI is InChI=1S/C20H20N6O2S2/c1-28-16-8-4-3-7-15(16)26-20(23-24-25-26)29-11-10-18(27)22-19-14(12-21)13-6-2-5-9-17(13)30-19/h3-4,7-8H,2,5-6,9-11H2,1H3,(H,22,27). The van der Waals surface area contributed by atoms with Crippen molar-refractivity contribution in [1.82, 2.24) is 20.2 Å². The molecular weight excluding hydrogens is 420 g/mol. The van der Waals surface area contributed by atoms with Crippen molar-refractivity contribution in [1.29, 1.82) is 5.26 Å². The maximum atomic E-state index is 12.5. The van der Waals surface area contributed by atoms with Gasteiger partial charge in [0.05, 0.1) is 12.7 Å². The number of hydrogen-bond donors (Lipinski definition) is 1. The number of methoxy groups -OCH3 is 1. The van der Waals surface area contributed by atoms with Crippen LogP contribution in [0.15, 0.2) is 29.4 Å². The number of tetrazole rings is 1. The molecule has 0 radical (unpaired) electrons. The van der Waals surface area contributed by atoms with Crippen molar-refractivity contribution in [3.8, 4) is 17.5 Å². The molecule has 154 valence electrons. The summed E-state index contributed by atoms with van der Waals surface area (Å²) in [5.74, 6) is 1.05. The molecule has 1 aromatic carbocycles. The van der Waals surface area contributed by atoms with Crippen molar-refractivity contribution >= 4 is 34.0 Å². The number of amides is 1. The minimum absolute atomic E-state index is 0.117. The molecule has 2 heterocycles. The van der Waals surface area contributed by atoms with Crippen LogP contribution in [0.2, 0.25) is 0 Å². The number of fused-ring (bicyclic) bond motifs is 1. The molecule has 1 N–H and O–H groups in total. The third kappa shape index (κ3) is 4.17. The average molecular weight is 441 g/mol. The minimum atomic E-state index is -0.117. The zero-order chi connectivity index (χ0) is 20.9. The van der Waals surface area contributed by atoms with Crippen LogP contribution >= 0.6 is 23.1 Å². The van der Waals surface area contributed by atoms with E-state index in [1.807, 2.05) is 24.3 Å². The molecule has 1 amide bonds. The molecule has 3 aromatic rings. The number of aryl methyl sites for hydroxylation is 1. The lowest BCUT2D eigenvalue weighted by atomic mass is 9.96. The molecule has 4 rings (SSSR count). The van der Waals surface area contributed by atoms with Crippen LogP contribution < -0.4 is 10.1 Å². The third-order valence-electron chi connectivity index (χ3n) is 4.85. The number of carbonyl (C=O) groups is 1. The van der Waals surface area contributed by atoms with Gasteiger partial charge in [0.25, 0.3) is 0 Å². The van der Waals surface area contributed by atoms with E-state index < -0.39 is 0 Å². The quantitative estimate of drug-likeness (QED) is 0.560. The first-order chi connectivity index (χ1) is 14.7. The first-order valence-electron chi connectivity index (χ1n) is 9.60. The average Bonchev–Trinajstić information content (AvgIpc) is 3.37. The van der Waals surface area contributed by atoms with Gasteiger partial charge in [0.15, 0.2) is 0 Å². The van der Waals surface area contributed by atoms with Crippen LogP contribution in [0.3, 0.4) is 0 Å². The summed E-state index contributed by atoms with van der Waals surface area (Å²) in [6.07, 6.45) is 4.45. The van der Waals surface area contributed by atoms with Crippen LogP contribution in [0, 0.1) is 11.3 Å². The smallest absolute Gasteiger partial charge is 0.225 e. The molecule has 8 nitrogen and oxygen atoms in total. The van der Waals surface area contributed by atoms with Crippen molar-refractivity contribution in [3.63, 3.8) is 0 Å². The SMILES string of the molecule is COc1ccccc1-n1nnnc1SCCC(=O)Nc1sc2c(c1C#N)CCCC2. The van der Waals surface area contributed by atoms with Gasteiger partial charge in [0, 0.05) is 17.1 Å². The Bertz CT molecular complexity index is 1100. The van der Waals surface area contributed by atoms with Gasteiger partial charge in [-0.25, -0.2) is 0 Å². The second-order valence-electron chi connectivity index (χ2n) is 6.72. The van der Waals surface area contributed by atoms with Gasteiger partial charge >= 0.3 is 0 Å². The van der Waals surface area contributed by atoms with Gasteiger partial charge in [-0.15, -0.1) is 16.4 Å². The van der Waals surface area contributed by atoms with Crippen molar-refractivity contribution in [2.75, 3.05) is 18.2 Å². The Morgan fingerprint density at radius 1 is 1.37 bits per heavy atom. The van der Waals surface area contributed by atoms with Gasteiger partial charge in [-0.2, -0.15) is 9.94 Å². The van der Waals surface area contributed by atoms with E-state index in [0.29, 0.717) is 27.2 Å². The molecule has 0 bridgehead atoms. The highest BCUT2D eigenvalue weighted by atomic mass is 32.2. The molecule has 1 aliphatic rings. The Balaban J connectivity index is 1.38. The predicted octanol–water partition coefficient (Wildman–Crippen LogP) is 3.60. The number of hydrogen-bond acceptors (Lipinski definition) is 8. The molecule has 0 spiro atoms. The number of benzene rings is 1. The second-order valence-corrected chi connectivity index (χ2v) is 8.89. The highest BCUT2D eigenvalue weighted by Gasteiger charge is 2.22. The minimum Gasteiger partial charge on any atom is -0.494 e. The fourth-order valence-corrected chi connectivity index (χ4v) is 5.50. The topological polar surface area (TPSA) is 106 Å². The number of nitrogens with zero attached hydrogens (tertiary/aromatic N) is 5. The first-order valence-corrected chi connectivity index (χ1v) is 11.4. The van der Waals surface area contributed by atoms with Gasteiger partial charge in [-0.05, 0) is 53.8 Å². The zero-order valence-electron chi connectivity index (χ0n) is 16.4. The summed E-state index contributed by atoms with van der Waals surface area (Å²) in [5.41, 5.74) is 2.49. The number of rotatable bonds is 7. The summed E-state index contributed by atoms with van der Waals surface area (Å²) in [7, 11) is 1.60.